The Kier molecular flexibility index (Phi) is 6.92. The molecule has 3 fully saturated rings. The van der Waals surface area contributed by atoms with Gasteiger partial charge in [0.05, 0.1) is 13.2 Å². The van der Waals surface area contributed by atoms with E-state index in [2.05, 4.69) is 20.9 Å². The summed E-state index contributed by atoms with van der Waals surface area (Å²) in [5.74, 6) is 1.10. The van der Waals surface area contributed by atoms with Crippen LogP contribution < -0.4 is 20.7 Å². The highest BCUT2D eigenvalue weighted by Gasteiger charge is 2.43. The fraction of sp³-hybridized carbons (Fsp3) is 0.591. The van der Waals surface area contributed by atoms with Gasteiger partial charge in [0.25, 0.3) is 0 Å². The summed E-state index contributed by atoms with van der Waals surface area (Å²) in [7, 11) is 1.63. The maximum absolute atomic E-state index is 12.4. The number of hydrogen-bond acceptors (Lipinski definition) is 5. The molecule has 31 heavy (non-hydrogen) atoms. The van der Waals surface area contributed by atoms with Crippen LogP contribution in [0.2, 0.25) is 0 Å². The Balaban J connectivity index is 1.29. The highest BCUT2D eigenvalue weighted by atomic mass is 32.1. The summed E-state index contributed by atoms with van der Waals surface area (Å²) in [6.07, 6.45) is 4.23. The summed E-state index contributed by atoms with van der Waals surface area (Å²) >= 11 is 5.48. The van der Waals surface area contributed by atoms with Gasteiger partial charge in [0.2, 0.25) is 11.8 Å². The molecule has 1 aromatic carbocycles. The summed E-state index contributed by atoms with van der Waals surface area (Å²) in [4.78, 5) is 29.1. The number of piperazine rings is 1. The van der Waals surface area contributed by atoms with E-state index in [1.807, 2.05) is 29.2 Å². The zero-order valence-electron chi connectivity index (χ0n) is 17.9. The van der Waals surface area contributed by atoms with Crippen molar-refractivity contribution in [3.63, 3.8) is 0 Å². The first kappa shape index (κ1) is 21.8. The maximum Gasteiger partial charge on any atom is 0.237 e. The molecule has 1 aromatic rings. The predicted octanol–water partition coefficient (Wildman–Crippen LogP) is 1.33. The van der Waals surface area contributed by atoms with Crippen molar-refractivity contribution in [2.45, 2.75) is 50.2 Å². The Hall–Kier alpha value is -2.39. The van der Waals surface area contributed by atoms with Gasteiger partial charge >= 0.3 is 0 Å². The molecule has 0 bridgehead atoms. The number of ether oxygens (including phenoxy) is 1. The second-order valence-corrected chi connectivity index (χ2v) is 8.91. The van der Waals surface area contributed by atoms with Crippen LogP contribution >= 0.6 is 12.2 Å². The summed E-state index contributed by atoms with van der Waals surface area (Å²) in [5, 5.41) is 10.1. The maximum atomic E-state index is 12.4. The third-order valence-electron chi connectivity index (χ3n) is 6.46. The number of carbonyl (C=O) groups excluding carboxylic acids is 2. The number of carbonyl (C=O) groups is 2. The quantitative estimate of drug-likeness (QED) is 0.570. The number of methoxy groups -OCH3 is 1. The third-order valence-corrected chi connectivity index (χ3v) is 6.68. The van der Waals surface area contributed by atoms with E-state index in [4.69, 9.17) is 17.0 Å². The smallest absolute Gasteiger partial charge is 0.237 e. The minimum Gasteiger partial charge on any atom is -0.497 e. The fourth-order valence-corrected chi connectivity index (χ4v) is 5.07. The van der Waals surface area contributed by atoms with Crippen molar-refractivity contribution in [1.29, 1.82) is 0 Å². The van der Waals surface area contributed by atoms with E-state index in [0.717, 1.165) is 50.3 Å². The van der Waals surface area contributed by atoms with E-state index in [1.165, 1.54) is 0 Å². The van der Waals surface area contributed by atoms with Crippen LogP contribution in [0.4, 0.5) is 5.69 Å². The van der Waals surface area contributed by atoms with Crippen molar-refractivity contribution in [2.75, 3.05) is 38.6 Å². The number of benzene rings is 1. The molecule has 2 amide bonds. The lowest BCUT2D eigenvalue weighted by Gasteiger charge is -2.37. The van der Waals surface area contributed by atoms with Crippen molar-refractivity contribution in [3.05, 3.63) is 24.3 Å². The molecule has 3 saturated heterocycles. The van der Waals surface area contributed by atoms with Gasteiger partial charge in [0.1, 0.15) is 5.75 Å². The molecule has 9 heteroatoms. The Labute approximate surface area is 188 Å². The fourth-order valence-electron chi connectivity index (χ4n) is 4.79. The molecule has 3 aliphatic rings. The van der Waals surface area contributed by atoms with E-state index in [1.54, 1.807) is 7.11 Å². The number of fused-ring (bicyclic) bond motifs is 1. The number of nitrogens with zero attached hydrogens (tertiary/aromatic N) is 2. The molecule has 168 valence electrons. The van der Waals surface area contributed by atoms with Crippen LogP contribution in [0.1, 0.15) is 32.1 Å². The van der Waals surface area contributed by atoms with Gasteiger partial charge in [-0.2, -0.15) is 0 Å². The topological polar surface area (TPSA) is 85.9 Å². The molecular weight excluding hydrogens is 414 g/mol. The largest absolute Gasteiger partial charge is 0.497 e. The SMILES string of the molecule is COc1ccc(NC(=S)N[C@H]2C[C@H]3C(=O)NC[C@@H](CCC(=O)N4CCCC4)N3C2)cc1. The van der Waals surface area contributed by atoms with Crippen molar-refractivity contribution in [2.24, 2.45) is 0 Å². The lowest BCUT2D eigenvalue weighted by atomic mass is 10.0. The van der Waals surface area contributed by atoms with E-state index in [0.29, 0.717) is 24.5 Å². The van der Waals surface area contributed by atoms with Gasteiger partial charge in [-0.25, -0.2) is 0 Å². The molecule has 0 unspecified atom stereocenters. The van der Waals surface area contributed by atoms with Gasteiger partial charge in [-0.05, 0) is 62.2 Å². The average Bonchev–Trinajstić information content (AvgIpc) is 3.44. The van der Waals surface area contributed by atoms with Crippen LogP contribution in [0.5, 0.6) is 5.75 Å². The van der Waals surface area contributed by atoms with Crippen molar-refractivity contribution < 1.29 is 14.3 Å². The van der Waals surface area contributed by atoms with Gasteiger partial charge < -0.3 is 25.6 Å². The number of nitrogens with one attached hydrogen (secondary N) is 3. The van der Waals surface area contributed by atoms with Gasteiger partial charge in [0.15, 0.2) is 5.11 Å². The minimum absolute atomic E-state index is 0.0699. The molecule has 3 N–H and O–H groups in total. The molecule has 3 heterocycles. The normalized spacial score (nSPS) is 25.6. The highest BCUT2D eigenvalue weighted by molar-refractivity contribution is 7.80. The number of hydrogen-bond donors (Lipinski definition) is 3. The van der Waals surface area contributed by atoms with Gasteiger partial charge in [0, 0.05) is 50.4 Å². The summed E-state index contributed by atoms with van der Waals surface area (Å²) < 4.78 is 5.18. The number of anilines is 1. The Morgan fingerprint density at radius 3 is 2.71 bits per heavy atom. The summed E-state index contributed by atoms with van der Waals surface area (Å²) in [6, 6.07) is 7.67. The van der Waals surface area contributed by atoms with Crippen LogP contribution in [-0.2, 0) is 9.59 Å². The number of rotatable bonds is 6. The van der Waals surface area contributed by atoms with Gasteiger partial charge in [-0.3, -0.25) is 14.5 Å². The molecule has 0 aromatic heterocycles. The van der Waals surface area contributed by atoms with Crippen LogP contribution in [0.25, 0.3) is 0 Å². The Bertz CT molecular complexity index is 812. The Morgan fingerprint density at radius 1 is 1.26 bits per heavy atom. The molecule has 3 aliphatic heterocycles. The molecule has 0 radical (unpaired) electrons. The number of thiocarbonyl (C=S) groups is 1. The standard InChI is InChI=1S/C22H31N5O3S/c1-30-18-7-4-15(5-8-18)24-22(31)25-16-12-19-21(29)23-13-17(27(19)14-16)6-9-20(28)26-10-2-3-11-26/h4-5,7-8,16-17,19H,2-3,6,9-14H2,1H3,(H,23,29)(H2,24,25,31)/t16-,17+,19-/m0/s1. The lowest BCUT2D eigenvalue weighted by Crippen LogP contribution is -2.58. The van der Waals surface area contributed by atoms with E-state index >= 15 is 0 Å². The second kappa shape index (κ2) is 9.82. The molecule has 8 nitrogen and oxygen atoms in total. The van der Waals surface area contributed by atoms with Crippen LogP contribution in [0, 0.1) is 0 Å². The van der Waals surface area contributed by atoms with Crippen LogP contribution in [0.15, 0.2) is 24.3 Å². The predicted molar refractivity (Wildman–Crippen MR) is 123 cm³/mol. The monoisotopic (exact) mass is 445 g/mol. The van der Waals surface area contributed by atoms with E-state index < -0.39 is 0 Å². The average molecular weight is 446 g/mol. The molecule has 0 aliphatic carbocycles. The van der Waals surface area contributed by atoms with Crippen molar-refractivity contribution in [3.8, 4) is 5.75 Å². The number of likely N-dealkylation sites (tertiary alicyclic amines) is 1. The molecule has 4 rings (SSSR count). The zero-order chi connectivity index (χ0) is 21.8. The van der Waals surface area contributed by atoms with Gasteiger partial charge in [-0.1, -0.05) is 0 Å². The molecule has 0 saturated carbocycles. The third kappa shape index (κ3) is 5.27. The van der Waals surface area contributed by atoms with Crippen LogP contribution in [0.3, 0.4) is 0 Å². The molecule has 3 atom stereocenters. The van der Waals surface area contributed by atoms with Gasteiger partial charge in [-0.15, -0.1) is 0 Å². The zero-order valence-corrected chi connectivity index (χ0v) is 18.7. The van der Waals surface area contributed by atoms with Crippen LogP contribution in [-0.4, -0.2) is 78.1 Å². The minimum atomic E-state index is -0.165. The first-order valence-corrected chi connectivity index (χ1v) is 11.5. The van der Waals surface area contributed by atoms with Crippen molar-refractivity contribution in [1.82, 2.24) is 20.4 Å². The number of amides is 2. The van der Waals surface area contributed by atoms with E-state index in [-0.39, 0.29) is 29.9 Å². The lowest BCUT2D eigenvalue weighted by molar-refractivity contribution is -0.131. The Morgan fingerprint density at radius 2 is 2.00 bits per heavy atom. The summed E-state index contributed by atoms with van der Waals surface area (Å²) in [6.45, 7) is 3.11. The van der Waals surface area contributed by atoms with Crippen molar-refractivity contribution >= 4 is 34.8 Å². The molecule has 0 spiro atoms. The second-order valence-electron chi connectivity index (χ2n) is 8.50. The van der Waals surface area contributed by atoms with E-state index in [9.17, 15) is 9.59 Å². The highest BCUT2D eigenvalue weighted by Crippen LogP contribution is 2.26. The summed E-state index contributed by atoms with van der Waals surface area (Å²) in [5.41, 5.74) is 0.880. The molecular formula is C22H31N5O3S. The first-order chi connectivity index (χ1) is 15.0. The first-order valence-electron chi connectivity index (χ1n) is 11.1.